The minimum absolute atomic E-state index is 0.163. The molecule has 0 fully saturated rings. The highest BCUT2D eigenvalue weighted by molar-refractivity contribution is 7.48. The van der Waals surface area contributed by atoms with Crippen molar-refractivity contribution >= 4 is 13.9 Å². The first-order chi connectivity index (χ1) is 17.0. The Balaban J connectivity index is 1.85. The lowest BCUT2D eigenvalue weighted by atomic mass is 9.85. The second-order valence-corrected chi connectivity index (χ2v) is 11.0. The van der Waals surface area contributed by atoms with E-state index in [0.717, 1.165) is 42.1 Å². The molecule has 2 unspecified atom stereocenters. The lowest BCUT2D eigenvalue weighted by molar-refractivity contribution is 0.437. The zero-order valence-electron chi connectivity index (χ0n) is 20.6. The Morgan fingerprint density at radius 2 is 1.34 bits per heavy atom. The van der Waals surface area contributed by atoms with Crippen LogP contribution < -0.4 is 5.30 Å². The van der Waals surface area contributed by atoms with E-state index in [1.807, 2.05) is 36.4 Å². The Hall–Kier alpha value is -2.96. The normalized spacial score (nSPS) is 13.2. The number of phenolic OH excluding ortho intramolecular Hbond substituents is 1. The van der Waals surface area contributed by atoms with Crippen LogP contribution in [-0.4, -0.2) is 5.11 Å². The topological polar surface area (TPSA) is 20.2 Å². The minimum Gasteiger partial charge on any atom is -0.507 e. The zero-order valence-corrected chi connectivity index (χ0v) is 21.6. The molecule has 180 valence electrons. The molecule has 4 aromatic carbocycles. The number of benzene rings is 4. The molecule has 1 N–H and O–H groups in total. The van der Waals surface area contributed by atoms with Crippen LogP contribution in [0, 0.1) is 5.82 Å². The summed E-state index contributed by atoms with van der Waals surface area (Å²) in [7, 11) is 0.239. The molecule has 0 radical (unpaired) electrons. The summed E-state index contributed by atoms with van der Waals surface area (Å²) >= 11 is 0. The summed E-state index contributed by atoms with van der Waals surface area (Å²) in [5.74, 6) is 0.203. The standard InChI is InChI=1S/C32H34FOP/c1-3-19-32(4-2,35-30-18-12-11-17-29(30)33)28-23-26(20-24-13-7-5-8-14-24)22-27(31(28)34)21-25-15-9-6-10-16-25/h5-18,22-23,34-35H,3-4,19-21H2,1-2H3. The summed E-state index contributed by atoms with van der Waals surface area (Å²) < 4.78 is 14.8. The number of hydrogen-bond acceptors (Lipinski definition) is 1. The summed E-state index contributed by atoms with van der Waals surface area (Å²) in [4.78, 5) is 0. The Kier molecular flexibility index (Phi) is 8.37. The monoisotopic (exact) mass is 484 g/mol. The maximum atomic E-state index is 14.8. The van der Waals surface area contributed by atoms with Crippen LogP contribution in [-0.2, 0) is 18.0 Å². The van der Waals surface area contributed by atoms with Crippen LogP contribution in [0.25, 0.3) is 0 Å². The number of aromatic hydroxyl groups is 1. The molecule has 0 heterocycles. The van der Waals surface area contributed by atoms with Gasteiger partial charge in [-0.3, -0.25) is 0 Å². The summed E-state index contributed by atoms with van der Waals surface area (Å²) in [6, 6.07) is 32.2. The SMILES string of the molecule is CCCC(CC)(Pc1ccccc1F)c1cc(Cc2ccccc2)cc(Cc2ccccc2)c1O. The third-order valence-corrected chi connectivity index (χ3v) is 8.81. The van der Waals surface area contributed by atoms with Gasteiger partial charge in [0.25, 0.3) is 0 Å². The zero-order chi connectivity index (χ0) is 24.7. The van der Waals surface area contributed by atoms with Crippen LogP contribution in [0.2, 0.25) is 0 Å². The van der Waals surface area contributed by atoms with Crippen molar-refractivity contribution in [3.8, 4) is 5.75 Å². The first-order valence-electron chi connectivity index (χ1n) is 12.5. The average Bonchev–Trinajstić information content (AvgIpc) is 2.88. The molecule has 2 atom stereocenters. The smallest absolute Gasteiger partial charge is 0.130 e. The molecule has 0 saturated carbocycles. The van der Waals surface area contributed by atoms with Gasteiger partial charge in [0.1, 0.15) is 11.6 Å². The summed E-state index contributed by atoms with van der Waals surface area (Å²) in [5, 5.41) is 12.1. The molecule has 0 aliphatic rings. The molecule has 4 aromatic rings. The Morgan fingerprint density at radius 3 is 1.94 bits per heavy atom. The maximum absolute atomic E-state index is 14.8. The van der Waals surface area contributed by atoms with Crippen molar-refractivity contribution in [2.45, 2.75) is 51.1 Å². The molecule has 3 heteroatoms. The van der Waals surface area contributed by atoms with Crippen LogP contribution in [0.4, 0.5) is 4.39 Å². The Bertz CT molecular complexity index is 1240. The molecular weight excluding hydrogens is 450 g/mol. The lowest BCUT2D eigenvalue weighted by Crippen LogP contribution is -2.24. The largest absolute Gasteiger partial charge is 0.507 e. The van der Waals surface area contributed by atoms with Crippen molar-refractivity contribution < 1.29 is 9.50 Å². The first kappa shape index (κ1) is 25.1. The fourth-order valence-electron chi connectivity index (χ4n) is 4.98. The predicted molar refractivity (Wildman–Crippen MR) is 148 cm³/mol. The van der Waals surface area contributed by atoms with E-state index in [0.29, 0.717) is 12.2 Å². The second kappa shape index (κ2) is 11.6. The van der Waals surface area contributed by atoms with Crippen LogP contribution in [0.1, 0.15) is 60.9 Å². The van der Waals surface area contributed by atoms with Gasteiger partial charge in [0, 0.05) is 22.4 Å². The molecule has 1 nitrogen and oxygen atoms in total. The van der Waals surface area contributed by atoms with Crippen LogP contribution in [0.3, 0.4) is 0 Å². The molecule has 0 amide bonds. The van der Waals surface area contributed by atoms with Gasteiger partial charge in [0.05, 0.1) is 0 Å². The van der Waals surface area contributed by atoms with Gasteiger partial charge in [-0.1, -0.05) is 120 Å². The number of hydrogen-bond donors (Lipinski definition) is 1. The lowest BCUT2D eigenvalue weighted by Gasteiger charge is -2.35. The Labute approximate surface area is 210 Å². The van der Waals surface area contributed by atoms with Crippen molar-refractivity contribution in [3.63, 3.8) is 0 Å². The third kappa shape index (κ3) is 6.00. The second-order valence-electron chi connectivity index (χ2n) is 9.27. The van der Waals surface area contributed by atoms with Gasteiger partial charge >= 0.3 is 0 Å². The van der Waals surface area contributed by atoms with Gasteiger partial charge in [-0.05, 0) is 47.6 Å². The van der Waals surface area contributed by atoms with Crippen molar-refractivity contribution in [2.24, 2.45) is 0 Å². The van der Waals surface area contributed by atoms with Crippen LogP contribution in [0.15, 0.2) is 97.1 Å². The van der Waals surface area contributed by atoms with E-state index >= 15 is 0 Å². The van der Waals surface area contributed by atoms with E-state index < -0.39 is 0 Å². The molecule has 0 aliphatic heterocycles. The summed E-state index contributed by atoms with van der Waals surface area (Å²) in [6.45, 7) is 4.34. The van der Waals surface area contributed by atoms with Gasteiger partial charge in [-0.25, -0.2) is 4.39 Å². The minimum atomic E-state index is -0.320. The van der Waals surface area contributed by atoms with E-state index in [1.165, 1.54) is 16.7 Å². The van der Waals surface area contributed by atoms with Gasteiger partial charge in [0.15, 0.2) is 0 Å². The van der Waals surface area contributed by atoms with Crippen LogP contribution in [0.5, 0.6) is 5.75 Å². The highest BCUT2D eigenvalue weighted by atomic mass is 31.1. The fourth-order valence-corrected chi connectivity index (χ4v) is 6.75. The molecule has 0 aromatic heterocycles. The molecule has 0 bridgehead atoms. The van der Waals surface area contributed by atoms with Gasteiger partial charge in [-0.2, -0.15) is 0 Å². The van der Waals surface area contributed by atoms with Gasteiger partial charge in [0.2, 0.25) is 0 Å². The van der Waals surface area contributed by atoms with Crippen molar-refractivity contribution in [2.75, 3.05) is 0 Å². The highest BCUT2D eigenvalue weighted by Gasteiger charge is 2.34. The quantitative estimate of drug-likeness (QED) is 0.225. The molecule has 0 spiro atoms. The third-order valence-electron chi connectivity index (χ3n) is 6.78. The first-order valence-corrected chi connectivity index (χ1v) is 13.5. The molecule has 0 aliphatic carbocycles. The number of phenols is 1. The summed E-state index contributed by atoms with van der Waals surface area (Å²) in [6.07, 6.45) is 4.15. The average molecular weight is 485 g/mol. The summed E-state index contributed by atoms with van der Waals surface area (Å²) in [5.41, 5.74) is 5.49. The van der Waals surface area contributed by atoms with Gasteiger partial charge < -0.3 is 5.11 Å². The van der Waals surface area contributed by atoms with E-state index in [1.54, 1.807) is 12.1 Å². The molecule has 35 heavy (non-hydrogen) atoms. The van der Waals surface area contributed by atoms with Crippen molar-refractivity contribution in [3.05, 3.63) is 131 Å². The van der Waals surface area contributed by atoms with E-state index in [-0.39, 0.29) is 19.6 Å². The van der Waals surface area contributed by atoms with E-state index in [9.17, 15) is 9.50 Å². The van der Waals surface area contributed by atoms with Crippen molar-refractivity contribution in [1.29, 1.82) is 0 Å². The highest BCUT2D eigenvalue weighted by Crippen LogP contribution is 2.52. The fraction of sp³-hybridized carbons (Fsp3) is 0.250. The van der Waals surface area contributed by atoms with E-state index in [2.05, 4.69) is 62.4 Å². The molecule has 4 rings (SSSR count). The number of halogens is 1. The van der Waals surface area contributed by atoms with Crippen molar-refractivity contribution in [1.82, 2.24) is 0 Å². The van der Waals surface area contributed by atoms with Gasteiger partial charge in [-0.15, -0.1) is 0 Å². The maximum Gasteiger partial charge on any atom is 0.130 e. The van der Waals surface area contributed by atoms with Crippen LogP contribution >= 0.6 is 8.58 Å². The van der Waals surface area contributed by atoms with E-state index in [4.69, 9.17) is 0 Å². The molecule has 0 saturated heterocycles. The molecular formula is C32H34FOP. The number of rotatable bonds is 10. The Morgan fingerprint density at radius 1 is 0.743 bits per heavy atom. The predicted octanol–water partition coefficient (Wildman–Crippen LogP) is 8.12.